The lowest BCUT2D eigenvalue weighted by Crippen LogP contribution is -2.53. The molecule has 0 saturated carbocycles. The Labute approximate surface area is 156 Å². The molecule has 2 aliphatic rings. The molecule has 1 aromatic carbocycles. The molecular formula is C18H28N4O3S. The van der Waals surface area contributed by atoms with Crippen molar-refractivity contribution in [3.05, 3.63) is 30.3 Å². The van der Waals surface area contributed by atoms with E-state index in [1.165, 1.54) is 4.31 Å². The molecule has 0 spiro atoms. The zero-order valence-corrected chi connectivity index (χ0v) is 16.1. The van der Waals surface area contributed by atoms with E-state index in [1.54, 1.807) is 4.90 Å². The lowest BCUT2D eigenvalue weighted by molar-refractivity contribution is -0.130. The number of anilines is 1. The summed E-state index contributed by atoms with van der Waals surface area (Å²) in [6.07, 6.45) is 1.92. The van der Waals surface area contributed by atoms with Gasteiger partial charge in [0.05, 0.1) is 6.54 Å². The molecule has 26 heavy (non-hydrogen) atoms. The quantitative estimate of drug-likeness (QED) is 0.824. The third-order valence-electron chi connectivity index (χ3n) is 5.12. The van der Waals surface area contributed by atoms with E-state index in [4.69, 9.17) is 0 Å². The number of hydrogen-bond acceptors (Lipinski definition) is 4. The lowest BCUT2D eigenvalue weighted by Gasteiger charge is -2.36. The molecule has 7 nitrogen and oxygen atoms in total. The van der Waals surface area contributed by atoms with Crippen molar-refractivity contribution in [1.29, 1.82) is 0 Å². The van der Waals surface area contributed by atoms with Crippen LogP contribution in [0.4, 0.5) is 5.69 Å². The van der Waals surface area contributed by atoms with Gasteiger partial charge < -0.3 is 9.80 Å². The minimum atomic E-state index is -3.58. The minimum absolute atomic E-state index is 0.161. The van der Waals surface area contributed by atoms with Crippen LogP contribution in [-0.2, 0) is 15.0 Å². The molecule has 1 unspecified atom stereocenters. The Bertz CT molecular complexity index is 702. The molecule has 1 atom stereocenters. The summed E-state index contributed by atoms with van der Waals surface area (Å²) in [5.41, 5.74) is 1.15. The van der Waals surface area contributed by atoms with E-state index in [9.17, 15) is 13.2 Å². The van der Waals surface area contributed by atoms with Crippen LogP contribution in [0, 0.1) is 5.92 Å². The highest BCUT2D eigenvalue weighted by Gasteiger charge is 2.28. The van der Waals surface area contributed by atoms with Crippen LogP contribution in [0.5, 0.6) is 0 Å². The van der Waals surface area contributed by atoms with E-state index in [2.05, 4.69) is 28.7 Å². The predicted molar refractivity (Wildman–Crippen MR) is 102 cm³/mol. The largest absolute Gasteiger partial charge is 0.368 e. The van der Waals surface area contributed by atoms with Crippen LogP contribution in [0.1, 0.15) is 19.8 Å². The summed E-state index contributed by atoms with van der Waals surface area (Å²) in [5, 5.41) is 0. The fourth-order valence-corrected chi connectivity index (χ4v) is 4.88. The Hall–Kier alpha value is -1.64. The highest BCUT2D eigenvalue weighted by molar-refractivity contribution is 7.87. The van der Waals surface area contributed by atoms with Gasteiger partial charge in [-0.15, -0.1) is 0 Å². The number of carbonyl (C=O) groups excluding carboxylic acids is 1. The second-order valence-electron chi connectivity index (χ2n) is 7.13. The number of benzene rings is 1. The van der Waals surface area contributed by atoms with Gasteiger partial charge in [-0.3, -0.25) is 4.79 Å². The van der Waals surface area contributed by atoms with E-state index in [0.29, 0.717) is 32.1 Å². The van der Waals surface area contributed by atoms with Crippen molar-refractivity contribution in [3.63, 3.8) is 0 Å². The second-order valence-corrected chi connectivity index (χ2v) is 8.89. The monoisotopic (exact) mass is 380 g/mol. The maximum atomic E-state index is 12.4. The van der Waals surface area contributed by atoms with Crippen molar-refractivity contribution in [2.24, 2.45) is 5.92 Å². The topological polar surface area (TPSA) is 73.0 Å². The predicted octanol–water partition coefficient (Wildman–Crippen LogP) is 0.902. The van der Waals surface area contributed by atoms with Gasteiger partial charge in [-0.2, -0.15) is 17.4 Å². The summed E-state index contributed by atoms with van der Waals surface area (Å²) in [4.78, 5) is 16.4. The number of rotatable bonds is 5. The summed E-state index contributed by atoms with van der Waals surface area (Å²) >= 11 is 0. The molecule has 2 aliphatic heterocycles. The third kappa shape index (κ3) is 4.75. The number of piperazine rings is 1. The van der Waals surface area contributed by atoms with Crippen LogP contribution >= 0.6 is 0 Å². The summed E-state index contributed by atoms with van der Waals surface area (Å²) in [6, 6.07) is 10.1. The molecule has 1 amide bonds. The van der Waals surface area contributed by atoms with Gasteiger partial charge in [0.1, 0.15) is 0 Å². The first kappa shape index (κ1) is 19.1. The molecule has 0 aromatic heterocycles. The van der Waals surface area contributed by atoms with Gasteiger partial charge in [0.15, 0.2) is 0 Å². The SMILES string of the molecule is CC1CCCN(S(=O)(=O)NCC(=O)N2CCN(c3ccccc3)CC2)C1. The molecule has 144 valence electrons. The summed E-state index contributed by atoms with van der Waals surface area (Å²) in [7, 11) is -3.58. The van der Waals surface area contributed by atoms with Gasteiger partial charge in [0.25, 0.3) is 10.2 Å². The second kappa shape index (κ2) is 8.37. The summed E-state index contributed by atoms with van der Waals surface area (Å²) in [5.74, 6) is 0.202. The van der Waals surface area contributed by atoms with Crippen molar-refractivity contribution in [2.45, 2.75) is 19.8 Å². The van der Waals surface area contributed by atoms with Crippen LogP contribution in [0.3, 0.4) is 0 Å². The van der Waals surface area contributed by atoms with Gasteiger partial charge in [-0.05, 0) is 30.9 Å². The maximum Gasteiger partial charge on any atom is 0.279 e. The third-order valence-corrected chi connectivity index (χ3v) is 6.64. The van der Waals surface area contributed by atoms with E-state index in [1.807, 2.05) is 18.2 Å². The van der Waals surface area contributed by atoms with Crippen LogP contribution in [-0.4, -0.2) is 69.3 Å². The number of carbonyl (C=O) groups is 1. The average molecular weight is 381 g/mol. The number of nitrogens with zero attached hydrogens (tertiary/aromatic N) is 3. The van der Waals surface area contributed by atoms with Crippen LogP contribution in [0.15, 0.2) is 30.3 Å². The molecule has 8 heteroatoms. The van der Waals surface area contributed by atoms with Crippen molar-refractivity contribution >= 4 is 21.8 Å². The van der Waals surface area contributed by atoms with Crippen LogP contribution < -0.4 is 9.62 Å². The Balaban J connectivity index is 1.47. The number of para-hydroxylation sites is 1. The van der Waals surface area contributed by atoms with Gasteiger partial charge in [0, 0.05) is 45.0 Å². The van der Waals surface area contributed by atoms with E-state index in [0.717, 1.165) is 31.6 Å². The molecule has 0 aliphatic carbocycles. The van der Waals surface area contributed by atoms with Crippen LogP contribution in [0.25, 0.3) is 0 Å². The smallest absolute Gasteiger partial charge is 0.279 e. The zero-order valence-electron chi connectivity index (χ0n) is 15.3. The fourth-order valence-electron chi connectivity index (χ4n) is 3.57. The number of hydrogen-bond donors (Lipinski definition) is 1. The molecule has 2 saturated heterocycles. The summed E-state index contributed by atoms with van der Waals surface area (Å²) < 4.78 is 28.7. The minimum Gasteiger partial charge on any atom is -0.368 e. The Morgan fingerprint density at radius 2 is 1.81 bits per heavy atom. The fraction of sp³-hybridized carbons (Fsp3) is 0.611. The van der Waals surface area contributed by atoms with E-state index < -0.39 is 10.2 Å². The van der Waals surface area contributed by atoms with Crippen LogP contribution in [0.2, 0.25) is 0 Å². The summed E-state index contributed by atoms with van der Waals surface area (Å²) in [6.45, 7) is 5.67. The van der Waals surface area contributed by atoms with Crippen molar-refractivity contribution in [1.82, 2.24) is 13.9 Å². The van der Waals surface area contributed by atoms with E-state index >= 15 is 0 Å². The number of amides is 1. The zero-order chi connectivity index (χ0) is 18.6. The lowest BCUT2D eigenvalue weighted by atomic mass is 10.0. The molecular weight excluding hydrogens is 352 g/mol. The molecule has 1 N–H and O–H groups in total. The number of piperidine rings is 1. The maximum absolute atomic E-state index is 12.4. The van der Waals surface area contributed by atoms with Crippen molar-refractivity contribution < 1.29 is 13.2 Å². The van der Waals surface area contributed by atoms with Gasteiger partial charge >= 0.3 is 0 Å². The van der Waals surface area contributed by atoms with Crippen molar-refractivity contribution in [2.75, 3.05) is 50.7 Å². The first-order valence-electron chi connectivity index (χ1n) is 9.28. The van der Waals surface area contributed by atoms with Crippen molar-refractivity contribution in [3.8, 4) is 0 Å². The highest BCUT2D eigenvalue weighted by Crippen LogP contribution is 2.18. The van der Waals surface area contributed by atoms with E-state index in [-0.39, 0.29) is 12.5 Å². The van der Waals surface area contributed by atoms with Gasteiger partial charge in [0.2, 0.25) is 5.91 Å². The molecule has 1 aromatic rings. The first-order valence-corrected chi connectivity index (χ1v) is 10.7. The standard InChI is InChI=1S/C18H28N4O3S/c1-16-6-5-9-22(15-16)26(24,25)19-14-18(23)21-12-10-20(11-13-21)17-7-3-2-4-8-17/h2-4,7-8,16,19H,5-6,9-15H2,1H3. The molecule has 2 fully saturated rings. The highest BCUT2D eigenvalue weighted by atomic mass is 32.2. The average Bonchev–Trinajstić information content (AvgIpc) is 2.67. The van der Waals surface area contributed by atoms with Gasteiger partial charge in [-0.1, -0.05) is 25.1 Å². The normalized spacial score (nSPS) is 22.4. The number of nitrogens with one attached hydrogen (secondary N) is 1. The Morgan fingerprint density at radius 1 is 1.12 bits per heavy atom. The van der Waals surface area contributed by atoms with Gasteiger partial charge in [-0.25, -0.2) is 0 Å². The molecule has 0 radical (unpaired) electrons. The first-order chi connectivity index (χ1) is 12.5. The molecule has 0 bridgehead atoms. The molecule has 2 heterocycles. The Morgan fingerprint density at radius 3 is 2.46 bits per heavy atom. The molecule has 3 rings (SSSR count). The Kier molecular flexibility index (Phi) is 6.16.